The van der Waals surface area contributed by atoms with Gasteiger partial charge >= 0.3 is 24.6 Å². The van der Waals surface area contributed by atoms with Crippen molar-refractivity contribution in [2.75, 3.05) is 54.4 Å². The van der Waals surface area contributed by atoms with Crippen molar-refractivity contribution >= 4 is 46.5 Å². The Morgan fingerprint density at radius 3 is 2.58 bits per heavy atom. The van der Waals surface area contributed by atoms with Gasteiger partial charge in [-0.1, -0.05) is 12.1 Å². The highest BCUT2D eigenvalue weighted by atomic mass is 19.3. The molecule has 3 heterocycles. The molecule has 1 aromatic heterocycles. The molecule has 40 heavy (non-hydrogen) atoms. The average molecular weight is 566 g/mol. The standard InChI is InChI=1S/C24H22F4N6O6/c25-15-9-13(33-12-14(39-24(33)37)11-29-21(35)20(27)28)10-16(26)19(15)32-5-6-34(38-8-7-32)23(36)31-22-30-17-3-1-2-4-18(17)40-22/h1-4,9-10,14,20H,5-8,11-12H2,(H,29,35)(H,30,31,36). The van der Waals surface area contributed by atoms with Crippen LogP contribution in [0.15, 0.2) is 40.8 Å². The first-order chi connectivity index (χ1) is 19.2. The molecule has 0 saturated carbocycles. The number of nitrogens with one attached hydrogen (secondary N) is 2. The van der Waals surface area contributed by atoms with E-state index in [2.05, 4.69) is 10.3 Å². The van der Waals surface area contributed by atoms with Crippen molar-refractivity contribution in [3.63, 3.8) is 0 Å². The summed E-state index contributed by atoms with van der Waals surface area (Å²) in [6.45, 7) is -0.701. The number of urea groups is 1. The van der Waals surface area contributed by atoms with Crippen LogP contribution in [0.5, 0.6) is 0 Å². The second-order valence-electron chi connectivity index (χ2n) is 8.76. The van der Waals surface area contributed by atoms with Crippen LogP contribution in [0.25, 0.3) is 11.1 Å². The van der Waals surface area contributed by atoms with Gasteiger partial charge in [-0.25, -0.2) is 23.4 Å². The number of carbonyl (C=O) groups is 3. The van der Waals surface area contributed by atoms with Crippen molar-refractivity contribution < 1.29 is 45.9 Å². The molecule has 3 aromatic rings. The molecular weight excluding hydrogens is 544 g/mol. The summed E-state index contributed by atoms with van der Waals surface area (Å²) in [5.41, 5.74) is 0.483. The minimum absolute atomic E-state index is 0.00578. The molecule has 212 valence electrons. The Morgan fingerprint density at radius 1 is 1.10 bits per heavy atom. The fourth-order valence-electron chi connectivity index (χ4n) is 4.25. The van der Waals surface area contributed by atoms with Crippen LogP contribution in [-0.4, -0.2) is 79.9 Å². The van der Waals surface area contributed by atoms with Crippen LogP contribution in [0, 0.1) is 11.6 Å². The number of ether oxygens (including phenoxy) is 1. The molecule has 2 aromatic carbocycles. The Hall–Kier alpha value is -4.60. The first-order valence-corrected chi connectivity index (χ1v) is 12.0. The molecule has 0 radical (unpaired) electrons. The van der Waals surface area contributed by atoms with Crippen LogP contribution in [0.2, 0.25) is 0 Å². The van der Waals surface area contributed by atoms with Gasteiger partial charge in [0.2, 0.25) is 0 Å². The molecule has 16 heteroatoms. The van der Waals surface area contributed by atoms with Crippen molar-refractivity contribution in [1.82, 2.24) is 15.4 Å². The lowest BCUT2D eigenvalue weighted by Gasteiger charge is -2.24. The molecule has 2 aliphatic rings. The van der Waals surface area contributed by atoms with Crippen LogP contribution < -0.4 is 20.4 Å². The molecule has 1 atom stereocenters. The van der Waals surface area contributed by atoms with Crippen LogP contribution in [-0.2, 0) is 14.4 Å². The molecule has 4 amide bonds. The lowest BCUT2D eigenvalue weighted by Crippen LogP contribution is -2.37. The number of nitrogens with zero attached hydrogens (tertiary/aromatic N) is 4. The zero-order valence-corrected chi connectivity index (χ0v) is 20.6. The fourth-order valence-corrected chi connectivity index (χ4v) is 4.25. The minimum Gasteiger partial charge on any atom is -0.442 e. The van der Waals surface area contributed by atoms with E-state index in [4.69, 9.17) is 14.0 Å². The molecule has 5 rings (SSSR count). The maximum absolute atomic E-state index is 15.1. The fraction of sp³-hybridized carbons (Fsp3) is 0.333. The van der Waals surface area contributed by atoms with E-state index in [0.29, 0.717) is 11.1 Å². The van der Waals surface area contributed by atoms with E-state index in [9.17, 15) is 23.2 Å². The van der Waals surface area contributed by atoms with Gasteiger partial charge < -0.3 is 19.4 Å². The van der Waals surface area contributed by atoms with Crippen LogP contribution >= 0.6 is 0 Å². The number of aromatic nitrogens is 1. The van der Waals surface area contributed by atoms with E-state index in [1.807, 2.05) is 5.32 Å². The summed E-state index contributed by atoms with van der Waals surface area (Å²) in [6, 6.07) is 8.07. The zero-order chi connectivity index (χ0) is 28.4. The molecule has 2 aliphatic heterocycles. The van der Waals surface area contributed by atoms with E-state index in [0.717, 1.165) is 22.1 Å². The maximum atomic E-state index is 15.1. The van der Waals surface area contributed by atoms with Crippen molar-refractivity contribution in [3.05, 3.63) is 48.0 Å². The van der Waals surface area contributed by atoms with Gasteiger partial charge in [-0.2, -0.15) is 13.8 Å². The summed E-state index contributed by atoms with van der Waals surface area (Å²) >= 11 is 0. The number of para-hydroxylation sites is 2. The highest BCUT2D eigenvalue weighted by Gasteiger charge is 2.34. The van der Waals surface area contributed by atoms with Crippen molar-refractivity contribution in [2.45, 2.75) is 12.5 Å². The quantitative estimate of drug-likeness (QED) is 0.436. The minimum atomic E-state index is -3.23. The number of alkyl halides is 2. The van der Waals surface area contributed by atoms with Gasteiger partial charge in [-0.05, 0) is 12.1 Å². The van der Waals surface area contributed by atoms with Crippen LogP contribution in [0.4, 0.5) is 44.5 Å². The van der Waals surface area contributed by atoms with E-state index in [1.54, 1.807) is 24.3 Å². The van der Waals surface area contributed by atoms with Crippen LogP contribution in [0.1, 0.15) is 0 Å². The largest absolute Gasteiger partial charge is 0.442 e. The molecular formula is C24H22F4N6O6. The summed E-state index contributed by atoms with van der Waals surface area (Å²) in [5.74, 6) is -3.50. The molecule has 2 fully saturated rings. The second kappa shape index (κ2) is 11.3. The molecule has 12 nitrogen and oxygen atoms in total. The lowest BCUT2D eigenvalue weighted by molar-refractivity contribution is -0.132. The van der Waals surface area contributed by atoms with Gasteiger partial charge in [-0.3, -0.25) is 19.8 Å². The Labute approximate surface area is 223 Å². The summed E-state index contributed by atoms with van der Waals surface area (Å²) in [4.78, 5) is 47.8. The summed E-state index contributed by atoms with van der Waals surface area (Å²) in [6.07, 6.45) is -5.18. The molecule has 2 saturated heterocycles. The Balaban J connectivity index is 1.21. The number of carbonyl (C=O) groups excluding carboxylic acids is 3. The summed E-state index contributed by atoms with van der Waals surface area (Å²) in [5, 5.41) is 5.40. The normalized spacial score (nSPS) is 17.8. The van der Waals surface area contributed by atoms with E-state index in [1.165, 1.54) is 4.90 Å². The van der Waals surface area contributed by atoms with Gasteiger partial charge in [0.1, 0.15) is 17.3 Å². The van der Waals surface area contributed by atoms with E-state index in [-0.39, 0.29) is 50.2 Å². The Bertz CT molecular complexity index is 1380. The smallest absolute Gasteiger partial charge is 0.414 e. The molecule has 1 unspecified atom stereocenters. The van der Waals surface area contributed by atoms with Crippen molar-refractivity contribution in [1.29, 1.82) is 0 Å². The number of fused-ring (bicyclic) bond motifs is 1. The number of rotatable bonds is 6. The SMILES string of the molecule is O=C(NCC1CN(c2cc(F)c(N3CCON(C(=O)Nc4nc5ccccc5o4)CC3)c(F)c2)C(=O)O1)C(F)F. The summed E-state index contributed by atoms with van der Waals surface area (Å²) in [7, 11) is 0. The highest BCUT2D eigenvalue weighted by molar-refractivity contribution is 5.90. The van der Waals surface area contributed by atoms with Gasteiger partial charge in [0.25, 0.3) is 5.91 Å². The predicted molar refractivity (Wildman–Crippen MR) is 131 cm³/mol. The van der Waals surface area contributed by atoms with Crippen molar-refractivity contribution in [3.8, 4) is 0 Å². The molecule has 0 aliphatic carbocycles. The monoisotopic (exact) mass is 566 g/mol. The number of amides is 4. The second-order valence-corrected chi connectivity index (χ2v) is 8.76. The number of hydroxylamine groups is 2. The first-order valence-electron chi connectivity index (χ1n) is 12.0. The molecule has 0 bridgehead atoms. The lowest BCUT2D eigenvalue weighted by atomic mass is 10.2. The number of anilines is 3. The van der Waals surface area contributed by atoms with Gasteiger partial charge in [0.15, 0.2) is 17.2 Å². The first kappa shape index (κ1) is 27.0. The zero-order valence-electron chi connectivity index (χ0n) is 20.6. The van der Waals surface area contributed by atoms with Crippen molar-refractivity contribution in [2.24, 2.45) is 0 Å². The summed E-state index contributed by atoms with van der Waals surface area (Å²) < 4.78 is 65.5. The number of hydrogen-bond acceptors (Lipinski definition) is 8. The van der Waals surface area contributed by atoms with E-state index < -0.39 is 48.7 Å². The number of hydrogen-bond donors (Lipinski definition) is 2. The number of oxazole rings is 1. The number of cyclic esters (lactones) is 1. The van der Waals surface area contributed by atoms with Gasteiger partial charge in [0, 0.05) is 25.2 Å². The number of benzene rings is 2. The topological polar surface area (TPSA) is 129 Å². The maximum Gasteiger partial charge on any atom is 0.414 e. The third kappa shape index (κ3) is 5.70. The molecule has 2 N–H and O–H groups in total. The van der Waals surface area contributed by atoms with Crippen LogP contribution in [0.3, 0.4) is 0 Å². The average Bonchev–Trinajstić information content (AvgIpc) is 3.40. The van der Waals surface area contributed by atoms with Gasteiger partial charge in [0.05, 0.1) is 31.9 Å². The van der Waals surface area contributed by atoms with Gasteiger partial charge in [-0.15, -0.1) is 0 Å². The third-order valence-electron chi connectivity index (χ3n) is 6.12. The molecule has 0 spiro atoms. The Morgan fingerprint density at radius 2 is 1.85 bits per heavy atom. The predicted octanol–water partition coefficient (Wildman–Crippen LogP) is 3.10. The highest BCUT2D eigenvalue weighted by Crippen LogP contribution is 2.31. The Kier molecular flexibility index (Phi) is 7.59. The van der Waals surface area contributed by atoms with E-state index >= 15 is 8.78 Å². The third-order valence-corrected chi connectivity index (χ3v) is 6.12. The number of halogens is 4.